The number of benzene rings is 1. The van der Waals surface area contributed by atoms with E-state index in [1.165, 1.54) is 0 Å². The highest BCUT2D eigenvalue weighted by Gasteiger charge is 2.52. The molecule has 0 aliphatic heterocycles. The van der Waals surface area contributed by atoms with Crippen LogP contribution in [0.2, 0.25) is 0 Å². The van der Waals surface area contributed by atoms with Gasteiger partial charge in [0, 0.05) is 5.56 Å². The van der Waals surface area contributed by atoms with Gasteiger partial charge in [0.1, 0.15) is 5.56 Å². The van der Waals surface area contributed by atoms with Crippen molar-refractivity contribution in [3.8, 4) is 5.75 Å². The molecule has 0 N–H and O–H groups in total. The molecule has 0 spiro atoms. The highest BCUT2D eigenvalue weighted by atomic mass is 32.2. The Kier molecular flexibility index (Phi) is 4.87. The number of rotatable bonds is 3. The molecule has 0 unspecified atom stereocenters. The monoisotopic (exact) mass is 390 g/mol. The van der Waals surface area contributed by atoms with Crippen molar-refractivity contribution in [3.05, 3.63) is 28.8 Å². The largest absolute Gasteiger partial charge is 0.534 e. The third-order valence-corrected chi connectivity index (χ3v) is 3.34. The first-order chi connectivity index (χ1) is 10.5. The van der Waals surface area contributed by atoms with Crippen LogP contribution in [0.1, 0.15) is 21.5 Å². The maximum absolute atomic E-state index is 12.9. The molecule has 1 aromatic carbocycles. The lowest BCUT2D eigenvalue weighted by Gasteiger charge is -2.20. The number of hydrogen-bond donors (Lipinski definition) is 0. The van der Waals surface area contributed by atoms with Crippen LogP contribution in [0.5, 0.6) is 5.75 Å². The molecular formula is C10H3F9O4S. The second kappa shape index (κ2) is 5.82. The predicted molar refractivity (Wildman–Crippen MR) is 57.4 cm³/mol. The van der Waals surface area contributed by atoms with Crippen molar-refractivity contribution < 1.29 is 56.9 Å². The van der Waals surface area contributed by atoms with Gasteiger partial charge in [-0.3, -0.25) is 4.79 Å². The summed E-state index contributed by atoms with van der Waals surface area (Å²) >= 11 is 0. The van der Waals surface area contributed by atoms with Gasteiger partial charge in [-0.05, 0) is 12.1 Å². The summed E-state index contributed by atoms with van der Waals surface area (Å²) in [5.41, 5.74) is -13.3. The van der Waals surface area contributed by atoms with Crippen molar-refractivity contribution in [2.75, 3.05) is 0 Å². The number of alkyl halides is 9. The Morgan fingerprint density at radius 3 is 1.62 bits per heavy atom. The SMILES string of the molecule is O=Cc1ccc(OS(=O)(=O)C(F)(F)F)c(C(F)(F)F)c1C(F)(F)F. The van der Waals surface area contributed by atoms with Gasteiger partial charge >= 0.3 is 28.0 Å². The number of hydrogen-bond acceptors (Lipinski definition) is 4. The third-order valence-electron chi connectivity index (χ3n) is 2.38. The van der Waals surface area contributed by atoms with E-state index in [0.29, 0.717) is 0 Å². The fraction of sp³-hybridized carbons (Fsp3) is 0.300. The highest BCUT2D eigenvalue weighted by molar-refractivity contribution is 7.88. The lowest BCUT2D eigenvalue weighted by atomic mass is 9.99. The van der Waals surface area contributed by atoms with E-state index in [4.69, 9.17) is 0 Å². The number of carbonyl (C=O) groups is 1. The van der Waals surface area contributed by atoms with E-state index < -0.39 is 56.7 Å². The number of halogens is 9. The standard InChI is InChI=1S/C10H3F9O4S/c11-8(12,13)6-4(3-20)1-2-5(7(6)9(14,15)16)23-24(21,22)10(17,18)19/h1-3H. The van der Waals surface area contributed by atoms with Crippen LogP contribution in [0.3, 0.4) is 0 Å². The van der Waals surface area contributed by atoms with Crippen molar-refractivity contribution >= 4 is 16.4 Å². The van der Waals surface area contributed by atoms with Crippen LogP contribution < -0.4 is 4.18 Å². The van der Waals surface area contributed by atoms with Crippen LogP contribution in [0.15, 0.2) is 12.1 Å². The topological polar surface area (TPSA) is 60.4 Å². The Morgan fingerprint density at radius 2 is 1.29 bits per heavy atom. The molecule has 24 heavy (non-hydrogen) atoms. The van der Waals surface area contributed by atoms with Gasteiger partial charge in [-0.2, -0.15) is 47.9 Å². The minimum atomic E-state index is -6.67. The molecular weight excluding hydrogens is 387 g/mol. The molecule has 0 aliphatic rings. The molecule has 1 rings (SSSR count). The third kappa shape index (κ3) is 3.91. The Labute approximate surface area is 126 Å². The summed E-state index contributed by atoms with van der Waals surface area (Å²) in [6.07, 6.45) is -12.4. The van der Waals surface area contributed by atoms with E-state index >= 15 is 0 Å². The molecule has 0 fully saturated rings. The second-order valence-electron chi connectivity index (χ2n) is 4.00. The van der Waals surface area contributed by atoms with Gasteiger partial charge in [-0.25, -0.2) is 0 Å². The minimum absolute atomic E-state index is 0.0479. The van der Waals surface area contributed by atoms with Crippen LogP contribution in [0, 0.1) is 0 Å². The van der Waals surface area contributed by atoms with Crippen molar-refractivity contribution in [3.63, 3.8) is 0 Å². The fourth-order valence-corrected chi connectivity index (χ4v) is 1.99. The zero-order valence-electron chi connectivity index (χ0n) is 10.7. The maximum atomic E-state index is 12.9. The normalized spacial score (nSPS) is 13.7. The van der Waals surface area contributed by atoms with Gasteiger partial charge in [0.05, 0.1) is 5.56 Å². The minimum Gasteiger partial charge on any atom is -0.375 e. The van der Waals surface area contributed by atoms with E-state index in [-0.39, 0.29) is 12.1 Å². The zero-order chi connectivity index (χ0) is 19.1. The van der Waals surface area contributed by atoms with Crippen LogP contribution in [0.25, 0.3) is 0 Å². The molecule has 4 nitrogen and oxygen atoms in total. The Hall–Kier alpha value is -1.99. The average Bonchev–Trinajstić information content (AvgIpc) is 2.33. The van der Waals surface area contributed by atoms with Crippen LogP contribution >= 0.6 is 0 Å². The van der Waals surface area contributed by atoms with Crippen LogP contribution in [-0.4, -0.2) is 20.2 Å². The van der Waals surface area contributed by atoms with Crippen LogP contribution in [0.4, 0.5) is 39.5 Å². The smallest absolute Gasteiger partial charge is 0.375 e. The van der Waals surface area contributed by atoms with Gasteiger partial charge in [-0.15, -0.1) is 0 Å². The van der Waals surface area contributed by atoms with Gasteiger partial charge in [0.15, 0.2) is 12.0 Å². The first kappa shape index (κ1) is 20.1. The molecule has 14 heteroatoms. The first-order valence-electron chi connectivity index (χ1n) is 5.29. The van der Waals surface area contributed by atoms with E-state index in [1.54, 1.807) is 0 Å². The highest BCUT2D eigenvalue weighted by Crippen LogP contribution is 2.47. The van der Waals surface area contributed by atoms with E-state index in [0.717, 1.165) is 0 Å². The lowest BCUT2D eigenvalue weighted by Crippen LogP contribution is -2.30. The lowest BCUT2D eigenvalue weighted by molar-refractivity contribution is -0.162. The van der Waals surface area contributed by atoms with E-state index in [1.807, 2.05) is 0 Å². The van der Waals surface area contributed by atoms with Gasteiger partial charge in [0.2, 0.25) is 0 Å². The summed E-state index contributed by atoms with van der Waals surface area (Å²) in [4.78, 5) is 10.5. The summed E-state index contributed by atoms with van der Waals surface area (Å²) in [5, 5.41) is 0. The summed E-state index contributed by atoms with van der Waals surface area (Å²) < 4.78 is 138. The number of carbonyl (C=O) groups excluding carboxylic acids is 1. The zero-order valence-corrected chi connectivity index (χ0v) is 11.5. The Balaban J connectivity index is 3.80. The van der Waals surface area contributed by atoms with Gasteiger partial charge in [-0.1, -0.05) is 0 Å². The summed E-state index contributed by atoms with van der Waals surface area (Å²) in [5.74, 6) is -2.27. The van der Waals surface area contributed by atoms with Crippen molar-refractivity contribution in [1.29, 1.82) is 0 Å². The molecule has 136 valence electrons. The average molecular weight is 390 g/mol. The molecule has 0 aromatic heterocycles. The summed E-state index contributed by atoms with van der Waals surface area (Å²) in [6.45, 7) is 0. The molecule has 0 aliphatic carbocycles. The van der Waals surface area contributed by atoms with Crippen molar-refractivity contribution in [1.82, 2.24) is 0 Å². The van der Waals surface area contributed by atoms with Crippen LogP contribution in [-0.2, 0) is 22.5 Å². The molecule has 0 saturated carbocycles. The Morgan fingerprint density at radius 1 is 0.833 bits per heavy atom. The van der Waals surface area contributed by atoms with Crippen molar-refractivity contribution in [2.45, 2.75) is 17.9 Å². The molecule has 0 atom stereocenters. The molecule has 0 amide bonds. The molecule has 1 aromatic rings. The van der Waals surface area contributed by atoms with E-state index in [9.17, 15) is 52.7 Å². The summed E-state index contributed by atoms with van der Waals surface area (Å²) in [6, 6.07) is -0.0859. The quantitative estimate of drug-likeness (QED) is 0.341. The predicted octanol–water partition coefficient (Wildman–Crippen LogP) is 3.77. The van der Waals surface area contributed by atoms with Gasteiger partial charge in [0.25, 0.3) is 0 Å². The summed E-state index contributed by atoms with van der Waals surface area (Å²) in [7, 11) is -6.67. The molecule has 0 radical (unpaired) electrons. The molecule has 0 heterocycles. The molecule has 0 saturated heterocycles. The first-order valence-corrected chi connectivity index (χ1v) is 6.70. The van der Waals surface area contributed by atoms with Crippen molar-refractivity contribution in [2.24, 2.45) is 0 Å². The van der Waals surface area contributed by atoms with E-state index in [2.05, 4.69) is 4.18 Å². The Bertz CT molecular complexity index is 743. The van der Waals surface area contributed by atoms with Gasteiger partial charge < -0.3 is 4.18 Å². The second-order valence-corrected chi connectivity index (χ2v) is 5.54. The molecule has 0 bridgehead atoms. The maximum Gasteiger partial charge on any atom is 0.534 e. The fourth-order valence-electron chi connectivity index (χ4n) is 1.52. The number of aldehydes is 1.